The number of halogens is 1. The third kappa shape index (κ3) is 4.01. The van der Waals surface area contributed by atoms with E-state index in [1.807, 2.05) is 42.9 Å². The zero-order valence-corrected chi connectivity index (χ0v) is 16.5. The lowest BCUT2D eigenvalue weighted by atomic mass is 10.1. The monoisotopic (exact) mass is 385 g/mol. The van der Waals surface area contributed by atoms with E-state index >= 15 is 0 Å². The van der Waals surface area contributed by atoms with Crippen LogP contribution in [0.5, 0.6) is 0 Å². The predicted octanol–water partition coefficient (Wildman–Crippen LogP) is 3.51. The average molecular weight is 386 g/mol. The Morgan fingerprint density at radius 1 is 1.19 bits per heavy atom. The summed E-state index contributed by atoms with van der Waals surface area (Å²) >= 11 is 6.27. The average Bonchev–Trinajstić information content (AvgIpc) is 3.38. The van der Waals surface area contributed by atoms with Gasteiger partial charge in [0.25, 0.3) is 0 Å². The molecule has 1 saturated heterocycles. The molecule has 27 heavy (non-hydrogen) atoms. The summed E-state index contributed by atoms with van der Waals surface area (Å²) in [5.74, 6) is 0.858. The Hall–Kier alpha value is -2.31. The fraction of sp³-hybridized carbons (Fsp3) is 0.400. The van der Waals surface area contributed by atoms with E-state index in [9.17, 15) is 0 Å². The topological polar surface area (TPSA) is 50.3 Å². The van der Waals surface area contributed by atoms with Gasteiger partial charge in [-0.05, 0) is 31.9 Å². The third-order valence-electron chi connectivity index (χ3n) is 5.20. The summed E-state index contributed by atoms with van der Waals surface area (Å²) < 4.78 is 7.19. The quantitative estimate of drug-likeness (QED) is 0.649. The van der Waals surface area contributed by atoms with Gasteiger partial charge in [0.2, 0.25) is 0 Å². The zero-order valence-electron chi connectivity index (χ0n) is 15.7. The molecule has 0 radical (unpaired) electrons. The second-order valence-electron chi connectivity index (χ2n) is 7.06. The second kappa shape index (κ2) is 7.74. The first-order valence-electron chi connectivity index (χ1n) is 9.25. The van der Waals surface area contributed by atoms with Crippen molar-refractivity contribution in [2.75, 3.05) is 31.2 Å². The number of hydrogen-bond donors (Lipinski definition) is 0. The van der Waals surface area contributed by atoms with Crippen LogP contribution >= 0.6 is 11.6 Å². The molecule has 2 aromatic heterocycles. The van der Waals surface area contributed by atoms with E-state index < -0.39 is 0 Å². The molecule has 142 valence electrons. The molecule has 0 atom stereocenters. The molecule has 3 heterocycles. The van der Waals surface area contributed by atoms with Crippen molar-refractivity contribution in [1.82, 2.24) is 19.8 Å². The van der Waals surface area contributed by atoms with Gasteiger partial charge in [-0.25, -0.2) is 0 Å². The van der Waals surface area contributed by atoms with Crippen molar-refractivity contribution in [2.24, 2.45) is 0 Å². The fourth-order valence-corrected chi connectivity index (χ4v) is 3.74. The number of aromatic nitrogens is 3. The van der Waals surface area contributed by atoms with E-state index in [2.05, 4.69) is 32.3 Å². The summed E-state index contributed by atoms with van der Waals surface area (Å²) in [6.45, 7) is 8.59. The summed E-state index contributed by atoms with van der Waals surface area (Å²) in [7, 11) is 0. The molecule has 0 aliphatic carbocycles. The van der Waals surface area contributed by atoms with Gasteiger partial charge < -0.3 is 9.42 Å². The van der Waals surface area contributed by atoms with Crippen LogP contribution in [0.1, 0.15) is 22.6 Å². The minimum Gasteiger partial charge on any atom is -0.361 e. The molecule has 1 aliphatic rings. The maximum atomic E-state index is 6.27. The van der Waals surface area contributed by atoms with E-state index in [-0.39, 0.29) is 0 Å². The van der Waals surface area contributed by atoms with Gasteiger partial charge in [-0.1, -0.05) is 35.0 Å². The number of aryl methyl sites for hydroxylation is 2. The maximum absolute atomic E-state index is 6.27. The normalized spacial score (nSPS) is 15.0. The van der Waals surface area contributed by atoms with Crippen molar-refractivity contribution in [3.8, 4) is 0 Å². The summed E-state index contributed by atoms with van der Waals surface area (Å²) in [6.07, 6.45) is 5.01. The van der Waals surface area contributed by atoms with Crippen LogP contribution in [-0.4, -0.2) is 46.1 Å². The Kier molecular flexibility index (Phi) is 5.18. The van der Waals surface area contributed by atoms with E-state index in [0.717, 1.165) is 60.5 Å². The van der Waals surface area contributed by atoms with Crippen molar-refractivity contribution in [1.29, 1.82) is 0 Å². The summed E-state index contributed by atoms with van der Waals surface area (Å²) in [6, 6.07) is 8.09. The van der Waals surface area contributed by atoms with Crippen LogP contribution in [0, 0.1) is 13.8 Å². The molecule has 3 aromatic rings. The van der Waals surface area contributed by atoms with Gasteiger partial charge in [0.05, 0.1) is 30.8 Å². The zero-order chi connectivity index (χ0) is 18.8. The van der Waals surface area contributed by atoms with Crippen molar-refractivity contribution in [3.05, 3.63) is 64.3 Å². The largest absolute Gasteiger partial charge is 0.361 e. The van der Waals surface area contributed by atoms with Crippen LogP contribution in [0.25, 0.3) is 0 Å². The van der Waals surface area contributed by atoms with Crippen LogP contribution in [-0.2, 0) is 13.0 Å². The number of hydrogen-bond acceptors (Lipinski definition) is 5. The van der Waals surface area contributed by atoms with Crippen LogP contribution in [0.3, 0.4) is 0 Å². The van der Waals surface area contributed by atoms with E-state index in [0.29, 0.717) is 6.54 Å². The molecule has 0 saturated carbocycles. The van der Waals surface area contributed by atoms with Crippen molar-refractivity contribution < 1.29 is 4.52 Å². The molecule has 4 rings (SSSR count). The van der Waals surface area contributed by atoms with Gasteiger partial charge in [0, 0.05) is 36.4 Å². The highest BCUT2D eigenvalue weighted by Gasteiger charge is 2.21. The van der Waals surface area contributed by atoms with Gasteiger partial charge in [-0.3, -0.25) is 9.58 Å². The molecule has 0 spiro atoms. The molecular formula is C20H24ClN5O. The van der Waals surface area contributed by atoms with Gasteiger partial charge >= 0.3 is 0 Å². The Balaban J connectivity index is 1.34. The lowest BCUT2D eigenvalue weighted by molar-refractivity contribution is 0.346. The van der Waals surface area contributed by atoms with Crippen LogP contribution in [0.4, 0.5) is 5.69 Å². The van der Waals surface area contributed by atoms with E-state index in [1.54, 1.807) is 0 Å². The predicted molar refractivity (Wildman–Crippen MR) is 106 cm³/mol. The maximum Gasteiger partial charge on any atom is 0.138 e. The lowest BCUT2D eigenvalue weighted by Crippen LogP contribution is -2.27. The van der Waals surface area contributed by atoms with Crippen molar-refractivity contribution in [3.63, 3.8) is 0 Å². The highest BCUT2D eigenvalue weighted by atomic mass is 35.5. The molecule has 0 amide bonds. The molecule has 0 unspecified atom stereocenters. The number of anilines is 1. The lowest BCUT2D eigenvalue weighted by Gasteiger charge is -2.18. The molecule has 7 heteroatoms. The van der Waals surface area contributed by atoms with Gasteiger partial charge in [-0.2, -0.15) is 5.10 Å². The van der Waals surface area contributed by atoms with Crippen molar-refractivity contribution in [2.45, 2.75) is 26.8 Å². The fourth-order valence-electron chi connectivity index (χ4n) is 3.51. The number of benzene rings is 1. The van der Waals surface area contributed by atoms with Gasteiger partial charge in [-0.15, -0.1) is 0 Å². The highest BCUT2D eigenvalue weighted by molar-refractivity contribution is 6.31. The Morgan fingerprint density at radius 3 is 2.81 bits per heavy atom. The molecule has 0 bridgehead atoms. The standard InChI is InChI=1S/C20H24ClN5O/c1-15-19(16(2)27-23-15)13-26-12-18(11-22-26)25-10-9-24(14-25)8-7-17-5-3-4-6-20(17)21/h3-6,11-12H,7-10,13-14H2,1-2H3. The Morgan fingerprint density at radius 2 is 2.04 bits per heavy atom. The molecule has 1 aromatic carbocycles. The summed E-state index contributed by atoms with van der Waals surface area (Å²) in [4.78, 5) is 4.82. The first-order chi connectivity index (χ1) is 13.1. The van der Waals surface area contributed by atoms with Gasteiger partial charge in [0.1, 0.15) is 5.76 Å². The SMILES string of the molecule is Cc1noc(C)c1Cn1cc(N2CCN(CCc3ccccc3Cl)C2)cn1. The van der Waals surface area contributed by atoms with Crippen molar-refractivity contribution >= 4 is 17.3 Å². The number of rotatable bonds is 6. The molecule has 6 nitrogen and oxygen atoms in total. The number of nitrogens with zero attached hydrogens (tertiary/aromatic N) is 5. The smallest absolute Gasteiger partial charge is 0.138 e. The van der Waals surface area contributed by atoms with Crippen LogP contribution < -0.4 is 4.90 Å². The second-order valence-corrected chi connectivity index (χ2v) is 7.47. The molecule has 1 aliphatic heterocycles. The Labute approximate surface area is 164 Å². The third-order valence-corrected chi connectivity index (χ3v) is 5.57. The molecular weight excluding hydrogens is 362 g/mol. The first kappa shape index (κ1) is 18.1. The first-order valence-corrected chi connectivity index (χ1v) is 9.63. The van der Waals surface area contributed by atoms with Crippen LogP contribution in [0.2, 0.25) is 5.02 Å². The molecule has 1 fully saturated rings. The summed E-state index contributed by atoms with van der Waals surface area (Å²) in [5, 5.41) is 9.39. The van der Waals surface area contributed by atoms with Crippen LogP contribution in [0.15, 0.2) is 41.2 Å². The van der Waals surface area contributed by atoms with E-state index in [1.165, 1.54) is 5.56 Å². The molecule has 0 N–H and O–H groups in total. The summed E-state index contributed by atoms with van der Waals surface area (Å²) in [5.41, 5.74) is 4.40. The minimum atomic E-state index is 0.686. The Bertz CT molecular complexity index is 899. The van der Waals surface area contributed by atoms with Gasteiger partial charge in [0.15, 0.2) is 0 Å². The van der Waals surface area contributed by atoms with E-state index in [4.69, 9.17) is 16.1 Å². The highest BCUT2D eigenvalue weighted by Crippen LogP contribution is 2.21. The minimum absolute atomic E-state index is 0.686.